The standard InChI is InChI=1S/C14H14F5NO4/c1-4-23-12(21)7-6(3)8(13(22)24-5-2)10(14(17,18)19)20-9(7)11(15)16/h11H,4-5H2,1-3H3. The molecule has 0 saturated heterocycles. The van der Waals surface area contributed by atoms with Crippen LogP contribution in [0.4, 0.5) is 22.0 Å². The van der Waals surface area contributed by atoms with E-state index in [1.165, 1.54) is 13.8 Å². The van der Waals surface area contributed by atoms with Crippen molar-refractivity contribution in [2.24, 2.45) is 0 Å². The highest BCUT2D eigenvalue weighted by molar-refractivity contribution is 5.99. The average molecular weight is 355 g/mol. The van der Waals surface area contributed by atoms with Gasteiger partial charge < -0.3 is 9.47 Å². The lowest BCUT2D eigenvalue weighted by molar-refractivity contribution is -0.142. The molecule has 1 heterocycles. The van der Waals surface area contributed by atoms with Crippen LogP contribution >= 0.6 is 0 Å². The highest BCUT2D eigenvalue weighted by atomic mass is 19.4. The summed E-state index contributed by atoms with van der Waals surface area (Å²) >= 11 is 0. The smallest absolute Gasteiger partial charge is 0.434 e. The SMILES string of the molecule is CCOC(=O)c1c(C(F)F)nc(C(F)(F)F)c(C(=O)OCC)c1C. The van der Waals surface area contributed by atoms with Gasteiger partial charge in [-0.25, -0.2) is 23.4 Å². The van der Waals surface area contributed by atoms with Crippen LogP contribution in [0.15, 0.2) is 0 Å². The zero-order chi connectivity index (χ0) is 18.7. The van der Waals surface area contributed by atoms with Gasteiger partial charge in [-0.15, -0.1) is 0 Å². The number of aromatic nitrogens is 1. The Kier molecular flexibility index (Phi) is 6.22. The molecular formula is C14H14F5NO4. The first-order valence-corrected chi connectivity index (χ1v) is 6.80. The highest BCUT2D eigenvalue weighted by Crippen LogP contribution is 2.36. The molecule has 0 spiro atoms. The summed E-state index contributed by atoms with van der Waals surface area (Å²) in [7, 11) is 0. The molecule has 0 bridgehead atoms. The lowest BCUT2D eigenvalue weighted by Crippen LogP contribution is -2.24. The molecule has 1 aromatic rings. The number of ether oxygens (including phenoxy) is 2. The summed E-state index contributed by atoms with van der Waals surface area (Å²) < 4.78 is 74.7. The number of nitrogens with zero attached hydrogens (tertiary/aromatic N) is 1. The van der Waals surface area contributed by atoms with Gasteiger partial charge in [0.05, 0.1) is 24.3 Å². The van der Waals surface area contributed by atoms with Crippen LogP contribution in [-0.4, -0.2) is 30.1 Å². The summed E-state index contributed by atoms with van der Waals surface area (Å²) in [6.07, 6.45) is -8.66. The van der Waals surface area contributed by atoms with Crippen LogP contribution in [-0.2, 0) is 15.7 Å². The Morgan fingerprint density at radius 3 is 1.88 bits per heavy atom. The largest absolute Gasteiger partial charge is 0.462 e. The maximum absolute atomic E-state index is 13.1. The average Bonchev–Trinajstić information content (AvgIpc) is 2.45. The fourth-order valence-electron chi connectivity index (χ4n) is 2.00. The Morgan fingerprint density at radius 2 is 1.50 bits per heavy atom. The minimum absolute atomic E-state index is 0.198. The van der Waals surface area contributed by atoms with Crippen LogP contribution in [0.25, 0.3) is 0 Å². The predicted octanol–water partition coefficient (Wildman–Crippen LogP) is 3.70. The van der Waals surface area contributed by atoms with E-state index in [9.17, 15) is 31.5 Å². The Bertz CT molecular complexity index is 643. The quantitative estimate of drug-likeness (QED) is 0.595. The monoisotopic (exact) mass is 355 g/mol. The normalized spacial score (nSPS) is 11.5. The fourth-order valence-corrected chi connectivity index (χ4v) is 2.00. The van der Waals surface area contributed by atoms with Gasteiger partial charge in [0.25, 0.3) is 6.43 Å². The molecule has 134 valence electrons. The number of rotatable bonds is 5. The molecular weight excluding hydrogens is 341 g/mol. The van der Waals surface area contributed by atoms with Gasteiger partial charge in [0, 0.05) is 0 Å². The van der Waals surface area contributed by atoms with Gasteiger partial charge in [-0.1, -0.05) is 0 Å². The van der Waals surface area contributed by atoms with Gasteiger partial charge in [-0.2, -0.15) is 13.2 Å². The molecule has 0 fully saturated rings. The van der Waals surface area contributed by atoms with E-state index in [-0.39, 0.29) is 13.2 Å². The summed E-state index contributed by atoms with van der Waals surface area (Å²) in [5.74, 6) is -2.71. The van der Waals surface area contributed by atoms with Gasteiger partial charge in [0.2, 0.25) is 0 Å². The Labute approximate surface area is 133 Å². The second-order valence-electron chi connectivity index (χ2n) is 4.46. The molecule has 0 saturated carbocycles. The second-order valence-corrected chi connectivity index (χ2v) is 4.46. The van der Waals surface area contributed by atoms with E-state index >= 15 is 0 Å². The number of carbonyl (C=O) groups is 2. The zero-order valence-corrected chi connectivity index (χ0v) is 13.0. The third-order valence-corrected chi connectivity index (χ3v) is 2.91. The molecule has 0 aromatic carbocycles. The molecule has 24 heavy (non-hydrogen) atoms. The van der Waals surface area contributed by atoms with Crippen molar-refractivity contribution < 1.29 is 41.0 Å². The molecule has 10 heteroatoms. The number of esters is 2. The van der Waals surface area contributed by atoms with Crippen LogP contribution in [0.2, 0.25) is 0 Å². The molecule has 5 nitrogen and oxygen atoms in total. The molecule has 0 aliphatic rings. The number of alkyl halides is 5. The van der Waals surface area contributed by atoms with Crippen LogP contribution in [0.5, 0.6) is 0 Å². The van der Waals surface area contributed by atoms with Crippen LogP contribution in [0.3, 0.4) is 0 Å². The highest BCUT2D eigenvalue weighted by Gasteiger charge is 2.42. The first-order chi connectivity index (χ1) is 11.1. The van der Waals surface area contributed by atoms with E-state index in [1.54, 1.807) is 0 Å². The Morgan fingerprint density at radius 1 is 1.04 bits per heavy atom. The molecule has 0 N–H and O–H groups in total. The van der Waals surface area contributed by atoms with Crippen molar-refractivity contribution in [1.82, 2.24) is 4.98 Å². The van der Waals surface area contributed by atoms with Gasteiger partial charge >= 0.3 is 18.1 Å². The first kappa shape index (κ1) is 19.8. The molecule has 0 radical (unpaired) electrons. The molecule has 0 aliphatic heterocycles. The van der Waals surface area contributed by atoms with Crippen molar-refractivity contribution in [3.63, 3.8) is 0 Å². The lowest BCUT2D eigenvalue weighted by Gasteiger charge is -2.18. The van der Waals surface area contributed by atoms with Gasteiger partial charge in [-0.3, -0.25) is 0 Å². The maximum atomic E-state index is 13.1. The van der Waals surface area contributed by atoms with E-state index in [4.69, 9.17) is 0 Å². The fraction of sp³-hybridized carbons (Fsp3) is 0.500. The molecule has 0 atom stereocenters. The first-order valence-electron chi connectivity index (χ1n) is 6.80. The molecule has 1 rings (SSSR count). The molecule has 0 amide bonds. The predicted molar refractivity (Wildman–Crippen MR) is 70.8 cm³/mol. The molecule has 1 aromatic heterocycles. The minimum Gasteiger partial charge on any atom is -0.462 e. The second kappa shape index (κ2) is 7.54. The Balaban J connectivity index is 3.81. The summed E-state index contributed by atoms with van der Waals surface area (Å²) in [5.41, 5.74) is -5.81. The third-order valence-electron chi connectivity index (χ3n) is 2.91. The number of hydrogen-bond acceptors (Lipinski definition) is 5. The number of hydrogen-bond donors (Lipinski definition) is 0. The minimum atomic E-state index is -5.19. The molecule has 0 unspecified atom stereocenters. The topological polar surface area (TPSA) is 65.5 Å². The van der Waals surface area contributed by atoms with E-state index in [1.807, 2.05) is 0 Å². The summed E-state index contributed by atoms with van der Waals surface area (Å²) in [4.78, 5) is 26.5. The van der Waals surface area contributed by atoms with Crippen molar-refractivity contribution in [3.05, 3.63) is 28.1 Å². The van der Waals surface area contributed by atoms with Gasteiger partial charge in [0.1, 0.15) is 5.69 Å². The number of carbonyl (C=O) groups excluding carboxylic acids is 2. The lowest BCUT2D eigenvalue weighted by atomic mass is 9.98. The van der Waals surface area contributed by atoms with Crippen LogP contribution in [0.1, 0.15) is 57.9 Å². The van der Waals surface area contributed by atoms with Crippen molar-refractivity contribution in [2.75, 3.05) is 13.2 Å². The van der Waals surface area contributed by atoms with Crippen LogP contribution in [0, 0.1) is 6.92 Å². The summed E-state index contributed by atoms with van der Waals surface area (Å²) in [6.45, 7) is 3.23. The molecule has 0 aliphatic carbocycles. The number of halogens is 5. The van der Waals surface area contributed by atoms with Crippen LogP contribution < -0.4 is 0 Å². The third kappa shape index (κ3) is 3.98. The van der Waals surface area contributed by atoms with Crippen molar-refractivity contribution in [2.45, 2.75) is 33.4 Å². The van der Waals surface area contributed by atoms with E-state index in [0.29, 0.717) is 0 Å². The summed E-state index contributed by atoms with van der Waals surface area (Å²) in [5, 5.41) is 0. The van der Waals surface area contributed by atoms with E-state index in [0.717, 1.165) is 6.92 Å². The Hall–Kier alpha value is -2.26. The van der Waals surface area contributed by atoms with Gasteiger partial charge in [0.15, 0.2) is 5.69 Å². The number of pyridine rings is 1. The van der Waals surface area contributed by atoms with Gasteiger partial charge in [-0.05, 0) is 26.3 Å². The maximum Gasteiger partial charge on any atom is 0.434 e. The van der Waals surface area contributed by atoms with Crippen molar-refractivity contribution >= 4 is 11.9 Å². The summed E-state index contributed by atoms with van der Waals surface area (Å²) in [6, 6.07) is 0. The van der Waals surface area contributed by atoms with Crippen molar-refractivity contribution in [1.29, 1.82) is 0 Å². The van der Waals surface area contributed by atoms with E-state index < -0.39 is 52.6 Å². The zero-order valence-electron chi connectivity index (χ0n) is 13.0. The van der Waals surface area contributed by atoms with E-state index in [2.05, 4.69) is 14.5 Å². The van der Waals surface area contributed by atoms with Crippen molar-refractivity contribution in [3.8, 4) is 0 Å².